The van der Waals surface area contributed by atoms with Gasteiger partial charge in [0.25, 0.3) is 0 Å². The summed E-state index contributed by atoms with van der Waals surface area (Å²) in [6.45, 7) is 4.78. The van der Waals surface area contributed by atoms with Crippen molar-refractivity contribution in [2.24, 2.45) is 0 Å². The fourth-order valence-electron chi connectivity index (χ4n) is 1.76. The minimum absolute atomic E-state index is 0.843. The van der Waals surface area contributed by atoms with E-state index in [4.69, 9.17) is 0 Å². The summed E-state index contributed by atoms with van der Waals surface area (Å²) in [6.07, 6.45) is 0. The highest BCUT2D eigenvalue weighted by atomic mass is 79.9. The lowest BCUT2D eigenvalue weighted by atomic mass is 10.2. The maximum Gasteiger partial charge on any atom is 0.185 e. The molecule has 1 aromatic carbocycles. The quantitative estimate of drug-likeness (QED) is 0.870. The minimum Gasteiger partial charge on any atom is -0.347 e. The molecule has 102 valence electrons. The van der Waals surface area contributed by atoms with Crippen molar-refractivity contribution in [3.05, 3.63) is 45.4 Å². The van der Waals surface area contributed by atoms with Gasteiger partial charge >= 0.3 is 0 Å². The summed E-state index contributed by atoms with van der Waals surface area (Å²) in [5.41, 5.74) is 2.38. The third kappa shape index (κ3) is 4.03. The second-order valence-electron chi connectivity index (χ2n) is 4.35. The lowest BCUT2D eigenvalue weighted by Gasteiger charge is -2.16. The molecular formula is C14H18BrN3S. The highest BCUT2D eigenvalue weighted by Crippen LogP contribution is 2.23. The van der Waals surface area contributed by atoms with Crippen molar-refractivity contribution in [2.75, 3.05) is 18.5 Å². The molecule has 5 heteroatoms. The Morgan fingerprint density at radius 3 is 2.89 bits per heavy atom. The van der Waals surface area contributed by atoms with E-state index in [0.29, 0.717) is 0 Å². The topological polar surface area (TPSA) is 28.2 Å². The summed E-state index contributed by atoms with van der Waals surface area (Å²) in [6, 6.07) is 8.30. The van der Waals surface area contributed by atoms with Crippen LogP contribution in [0.1, 0.15) is 18.2 Å². The van der Waals surface area contributed by atoms with Crippen molar-refractivity contribution in [3.63, 3.8) is 0 Å². The van der Waals surface area contributed by atoms with Crippen molar-refractivity contribution in [1.29, 1.82) is 0 Å². The van der Waals surface area contributed by atoms with Crippen LogP contribution in [0.4, 0.5) is 5.13 Å². The molecule has 2 rings (SSSR count). The first-order chi connectivity index (χ1) is 9.20. The minimum atomic E-state index is 0.843. The van der Waals surface area contributed by atoms with E-state index in [1.807, 2.05) is 6.07 Å². The van der Waals surface area contributed by atoms with Crippen LogP contribution in [0.2, 0.25) is 0 Å². The van der Waals surface area contributed by atoms with Gasteiger partial charge in [0.05, 0.1) is 5.69 Å². The number of halogens is 1. The Balaban J connectivity index is 2.01. The summed E-state index contributed by atoms with van der Waals surface area (Å²) >= 11 is 5.28. The normalized spacial score (nSPS) is 10.7. The number of rotatable bonds is 6. The van der Waals surface area contributed by atoms with E-state index in [9.17, 15) is 0 Å². The Kier molecular flexibility index (Phi) is 5.36. The largest absolute Gasteiger partial charge is 0.347 e. The standard InChI is InChI=1S/C14H18BrN3S/c1-3-16-8-12-10-19-14(17-12)18(2)9-11-6-4-5-7-13(11)15/h4-7,10,16H,3,8-9H2,1-2H3. The molecule has 0 radical (unpaired) electrons. The summed E-state index contributed by atoms with van der Waals surface area (Å²) in [7, 11) is 2.08. The Hall–Kier alpha value is -0.910. The Morgan fingerprint density at radius 1 is 1.37 bits per heavy atom. The lowest BCUT2D eigenvalue weighted by molar-refractivity contribution is 0.713. The Morgan fingerprint density at radius 2 is 2.16 bits per heavy atom. The number of aromatic nitrogens is 1. The van der Waals surface area contributed by atoms with Crippen LogP contribution in [0.5, 0.6) is 0 Å². The lowest BCUT2D eigenvalue weighted by Crippen LogP contribution is -2.17. The third-order valence-electron chi connectivity index (χ3n) is 2.79. The predicted molar refractivity (Wildman–Crippen MR) is 85.7 cm³/mol. The molecule has 19 heavy (non-hydrogen) atoms. The molecule has 0 fully saturated rings. The van der Waals surface area contributed by atoms with Crippen molar-refractivity contribution < 1.29 is 0 Å². The highest BCUT2D eigenvalue weighted by molar-refractivity contribution is 9.10. The van der Waals surface area contributed by atoms with Crippen LogP contribution in [0, 0.1) is 0 Å². The van der Waals surface area contributed by atoms with E-state index in [1.54, 1.807) is 11.3 Å². The molecule has 1 N–H and O–H groups in total. The second-order valence-corrected chi connectivity index (χ2v) is 6.04. The molecule has 1 heterocycles. The van der Waals surface area contributed by atoms with Crippen LogP contribution < -0.4 is 10.2 Å². The molecule has 3 nitrogen and oxygen atoms in total. The van der Waals surface area contributed by atoms with E-state index < -0.39 is 0 Å². The third-order valence-corrected chi connectivity index (χ3v) is 4.56. The SMILES string of the molecule is CCNCc1csc(N(C)Cc2ccccc2Br)n1. The van der Waals surface area contributed by atoms with Gasteiger partial charge in [0, 0.05) is 30.0 Å². The second kappa shape index (κ2) is 7.03. The van der Waals surface area contributed by atoms with Crippen LogP contribution in [0.25, 0.3) is 0 Å². The molecule has 0 atom stereocenters. The average Bonchev–Trinajstić information content (AvgIpc) is 2.88. The molecule has 0 spiro atoms. The van der Waals surface area contributed by atoms with E-state index in [1.165, 1.54) is 5.56 Å². The molecule has 0 aliphatic rings. The first-order valence-electron chi connectivity index (χ1n) is 6.30. The molecular weight excluding hydrogens is 322 g/mol. The molecule has 0 amide bonds. The molecule has 0 aliphatic carbocycles. The predicted octanol–water partition coefficient (Wildman–Crippen LogP) is 3.65. The summed E-state index contributed by atoms with van der Waals surface area (Å²) in [4.78, 5) is 6.82. The summed E-state index contributed by atoms with van der Waals surface area (Å²) in [5.74, 6) is 0. The number of nitrogens with zero attached hydrogens (tertiary/aromatic N) is 2. The van der Waals surface area contributed by atoms with Crippen LogP contribution >= 0.6 is 27.3 Å². The van der Waals surface area contributed by atoms with Gasteiger partial charge < -0.3 is 10.2 Å². The molecule has 0 aliphatic heterocycles. The smallest absolute Gasteiger partial charge is 0.185 e. The van der Waals surface area contributed by atoms with Crippen LogP contribution in [0.15, 0.2) is 34.1 Å². The molecule has 0 saturated heterocycles. The average molecular weight is 340 g/mol. The van der Waals surface area contributed by atoms with Gasteiger partial charge in [-0.05, 0) is 18.2 Å². The Bertz CT molecular complexity index is 527. The van der Waals surface area contributed by atoms with Crippen LogP contribution in [-0.2, 0) is 13.1 Å². The van der Waals surface area contributed by atoms with E-state index in [2.05, 4.69) is 68.7 Å². The first kappa shape index (κ1) is 14.5. The number of hydrogen-bond acceptors (Lipinski definition) is 4. The van der Waals surface area contributed by atoms with Gasteiger partial charge in [-0.2, -0.15) is 0 Å². The zero-order valence-corrected chi connectivity index (χ0v) is 13.6. The number of thiazole rings is 1. The number of hydrogen-bond donors (Lipinski definition) is 1. The zero-order valence-electron chi connectivity index (χ0n) is 11.2. The maximum absolute atomic E-state index is 4.64. The number of benzene rings is 1. The monoisotopic (exact) mass is 339 g/mol. The van der Waals surface area contributed by atoms with E-state index in [-0.39, 0.29) is 0 Å². The van der Waals surface area contributed by atoms with Gasteiger partial charge in [0.1, 0.15) is 0 Å². The van der Waals surface area contributed by atoms with E-state index in [0.717, 1.165) is 34.9 Å². The molecule has 0 bridgehead atoms. The highest BCUT2D eigenvalue weighted by Gasteiger charge is 2.09. The fourth-order valence-corrected chi connectivity index (χ4v) is 2.96. The van der Waals surface area contributed by atoms with Gasteiger partial charge in [-0.15, -0.1) is 11.3 Å². The van der Waals surface area contributed by atoms with Gasteiger partial charge in [-0.25, -0.2) is 4.98 Å². The van der Waals surface area contributed by atoms with Crippen molar-refractivity contribution in [1.82, 2.24) is 10.3 Å². The molecule has 0 unspecified atom stereocenters. The zero-order chi connectivity index (χ0) is 13.7. The number of anilines is 1. The van der Waals surface area contributed by atoms with Crippen molar-refractivity contribution >= 4 is 32.4 Å². The molecule has 2 aromatic rings. The first-order valence-corrected chi connectivity index (χ1v) is 7.97. The van der Waals surface area contributed by atoms with Gasteiger partial charge in [0.15, 0.2) is 5.13 Å². The summed E-state index contributed by atoms with van der Waals surface area (Å²) in [5, 5.41) is 6.47. The van der Waals surface area contributed by atoms with Gasteiger partial charge in [-0.3, -0.25) is 0 Å². The molecule has 0 saturated carbocycles. The van der Waals surface area contributed by atoms with Crippen molar-refractivity contribution in [2.45, 2.75) is 20.0 Å². The number of nitrogens with one attached hydrogen (secondary N) is 1. The molecule has 1 aromatic heterocycles. The fraction of sp³-hybridized carbons (Fsp3) is 0.357. The van der Waals surface area contributed by atoms with Crippen LogP contribution in [0.3, 0.4) is 0 Å². The van der Waals surface area contributed by atoms with Crippen molar-refractivity contribution in [3.8, 4) is 0 Å². The summed E-state index contributed by atoms with van der Waals surface area (Å²) < 4.78 is 1.14. The Labute approximate surface area is 126 Å². The maximum atomic E-state index is 4.64. The van der Waals surface area contributed by atoms with Gasteiger partial charge in [-0.1, -0.05) is 41.1 Å². The van der Waals surface area contributed by atoms with Crippen LogP contribution in [-0.4, -0.2) is 18.6 Å². The van der Waals surface area contributed by atoms with E-state index >= 15 is 0 Å². The van der Waals surface area contributed by atoms with Gasteiger partial charge in [0.2, 0.25) is 0 Å².